The SMILES string of the molecule is CCOC(=O)C(Cc1ccccc1)N(C(=O)c1c(F)cccc1F)C1CC1. The number of nitrogens with zero attached hydrogens (tertiary/aromatic N) is 1. The largest absolute Gasteiger partial charge is 0.464 e. The van der Waals surface area contributed by atoms with Gasteiger partial charge < -0.3 is 9.64 Å². The lowest BCUT2D eigenvalue weighted by Gasteiger charge is -2.31. The van der Waals surface area contributed by atoms with Crippen LogP contribution in [0.3, 0.4) is 0 Å². The molecule has 0 N–H and O–H groups in total. The van der Waals surface area contributed by atoms with E-state index < -0.39 is 35.1 Å². The number of carbonyl (C=O) groups excluding carboxylic acids is 2. The van der Waals surface area contributed by atoms with E-state index in [0.29, 0.717) is 12.8 Å². The van der Waals surface area contributed by atoms with Gasteiger partial charge in [0, 0.05) is 12.5 Å². The van der Waals surface area contributed by atoms with Gasteiger partial charge in [-0.05, 0) is 37.5 Å². The first kappa shape index (κ1) is 19.0. The van der Waals surface area contributed by atoms with Crippen LogP contribution in [0, 0.1) is 11.6 Å². The van der Waals surface area contributed by atoms with Gasteiger partial charge in [-0.1, -0.05) is 36.4 Å². The number of carbonyl (C=O) groups is 2. The number of benzene rings is 2. The fourth-order valence-corrected chi connectivity index (χ4v) is 3.12. The molecule has 0 saturated heterocycles. The monoisotopic (exact) mass is 373 g/mol. The van der Waals surface area contributed by atoms with E-state index >= 15 is 0 Å². The van der Waals surface area contributed by atoms with Gasteiger partial charge in [-0.2, -0.15) is 0 Å². The number of rotatable bonds is 7. The van der Waals surface area contributed by atoms with Crippen LogP contribution in [0.5, 0.6) is 0 Å². The number of esters is 1. The molecule has 142 valence electrons. The normalized spacial score (nSPS) is 14.5. The maximum Gasteiger partial charge on any atom is 0.329 e. The predicted octanol–water partition coefficient (Wildman–Crippen LogP) is 3.74. The summed E-state index contributed by atoms with van der Waals surface area (Å²) < 4.78 is 33.5. The second-order valence-corrected chi connectivity index (χ2v) is 6.50. The zero-order chi connectivity index (χ0) is 19.4. The smallest absolute Gasteiger partial charge is 0.329 e. The van der Waals surface area contributed by atoms with E-state index in [4.69, 9.17) is 4.74 Å². The second kappa shape index (κ2) is 8.29. The molecule has 1 amide bonds. The Morgan fingerprint density at radius 3 is 2.26 bits per heavy atom. The van der Waals surface area contributed by atoms with Gasteiger partial charge >= 0.3 is 5.97 Å². The number of hydrogen-bond acceptors (Lipinski definition) is 3. The number of hydrogen-bond donors (Lipinski definition) is 0. The molecule has 2 aromatic carbocycles. The van der Waals surface area contributed by atoms with Crippen molar-refractivity contribution in [2.75, 3.05) is 6.61 Å². The maximum atomic E-state index is 14.2. The van der Waals surface area contributed by atoms with Gasteiger partial charge in [0.25, 0.3) is 5.91 Å². The molecule has 1 aliphatic rings. The van der Waals surface area contributed by atoms with Crippen LogP contribution >= 0.6 is 0 Å². The van der Waals surface area contributed by atoms with Crippen LogP contribution in [-0.4, -0.2) is 35.5 Å². The summed E-state index contributed by atoms with van der Waals surface area (Å²) in [6.45, 7) is 1.84. The summed E-state index contributed by atoms with van der Waals surface area (Å²) in [5.74, 6) is -3.26. The minimum Gasteiger partial charge on any atom is -0.464 e. The predicted molar refractivity (Wildman–Crippen MR) is 96.1 cm³/mol. The van der Waals surface area contributed by atoms with E-state index in [-0.39, 0.29) is 19.1 Å². The highest BCUT2D eigenvalue weighted by atomic mass is 19.1. The third-order valence-corrected chi connectivity index (χ3v) is 4.52. The maximum absolute atomic E-state index is 14.2. The van der Waals surface area contributed by atoms with Gasteiger partial charge in [-0.25, -0.2) is 13.6 Å². The molecule has 1 atom stereocenters. The topological polar surface area (TPSA) is 46.6 Å². The van der Waals surface area contributed by atoms with Crippen molar-refractivity contribution in [3.8, 4) is 0 Å². The van der Waals surface area contributed by atoms with E-state index in [1.807, 2.05) is 30.3 Å². The van der Waals surface area contributed by atoms with Crippen molar-refractivity contribution in [3.63, 3.8) is 0 Å². The Bertz CT molecular complexity index is 801. The van der Waals surface area contributed by atoms with Crippen molar-refractivity contribution in [3.05, 3.63) is 71.3 Å². The van der Waals surface area contributed by atoms with Gasteiger partial charge in [-0.15, -0.1) is 0 Å². The molecule has 0 bridgehead atoms. The van der Waals surface area contributed by atoms with Crippen LogP contribution in [-0.2, 0) is 16.0 Å². The van der Waals surface area contributed by atoms with Crippen molar-refractivity contribution in [1.82, 2.24) is 4.90 Å². The van der Waals surface area contributed by atoms with Crippen molar-refractivity contribution in [2.45, 2.75) is 38.3 Å². The van der Waals surface area contributed by atoms with Crippen molar-refractivity contribution >= 4 is 11.9 Å². The van der Waals surface area contributed by atoms with Gasteiger partial charge in [0.1, 0.15) is 23.2 Å². The second-order valence-electron chi connectivity index (χ2n) is 6.50. The fraction of sp³-hybridized carbons (Fsp3) is 0.333. The summed E-state index contributed by atoms with van der Waals surface area (Å²) in [7, 11) is 0. The number of ether oxygens (including phenoxy) is 1. The fourth-order valence-electron chi connectivity index (χ4n) is 3.12. The Hall–Kier alpha value is -2.76. The zero-order valence-corrected chi connectivity index (χ0v) is 15.0. The first-order valence-corrected chi connectivity index (χ1v) is 9.00. The highest BCUT2D eigenvalue weighted by molar-refractivity contribution is 5.97. The molecule has 0 aromatic heterocycles. The molecule has 1 unspecified atom stereocenters. The van der Waals surface area contributed by atoms with Gasteiger partial charge in [0.15, 0.2) is 0 Å². The van der Waals surface area contributed by atoms with E-state index in [1.165, 1.54) is 11.0 Å². The van der Waals surface area contributed by atoms with Crippen LogP contribution in [0.2, 0.25) is 0 Å². The van der Waals surface area contributed by atoms with Crippen molar-refractivity contribution in [1.29, 1.82) is 0 Å². The lowest BCUT2D eigenvalue weighted by atomic mass is 10.0. The van der Waals surface area contributed by atoms with Crippen molar-refractivity contribution < 1.29 is 23.1 Å². The molecule has 4 nitrogen and oxygen atoms in total. The number of halogens is 2. The van der Waals surface area contributed by atoms with Crippen LogP contribution in [0.15, 0.2) is 48.5 Å². The van der Waals surface area contributed by atoms with Gasteiger partial charge in [0.2, 0.25) is 0 Å². The molecule has 27 heavy (non-hydrogen) atoms. The Kier molecular flexibility index (Phi) is 5.84. The highest BCUT2D eigenvalue weighted by Gasteiger charge is 2.42. The average molecular weight is 373 g/mol. The molecular weight excluding hydrogens is 352 g/mol. The zero-order valence-electron chi connectivity index (χ0n) is 15.0. The quantitative estimate of drug-likeness (QED) is 0.695. The molecule has 0 aliphatic heterocycles. The third-order valence-electron chi connectivity index (χ3n) is 4.52. The minimum atomic E-state index is -0.939. The van der Waals surface area contributed by atoms with Crippen LogP contribution in [0.1, 0.15) is 35.7 Å². The Morgan fingerprint density at radius 2 is 1.70 bits per heavy atom. The van der Waals surface area contributed by atoms with Crippen LogP contribution < -0.4 is 0 Å². The molecule has 0 spiro atoms. The lowest BCUT2D eigenvalue weighted by molar-refractivity contribution is -0.148. The summed E-state index contributed by atoms with van der Waals surface area (Å²) in [4.78, 5) is 27.0. The standard InChI is InChI=1S/C21H21F2NO3/c1-2-27-21(26)18(13-14-7-4-3-5-8-14)24(15-11-12-15)20(25)19-16(22)9-6-10-17(19)23/h3-10,15,18H,2,11-13H2,1H3. The van der Waals surface area contributed by atoms with Crippen LogP contribution in [0.4, 0.5) is 8.78 Å². The summed E-state index contributed by atoms with van der Waals surface area (Å²) in [6, 6.07) is 11.3. The minimum absolute atomic E-state index is 0.158. The molecule has 3 rings (SSSR count). The Labute approximate surface area is 156 Å². The van der Waals surface area contributed by atoms with E-state index in [9.17, 15) is 18.4 Å². The van der Waals surface area contributed by atoms with Crippen molar-refractivity contribution in [2.24, 2.45) is 0 Å². The first-order valence-electron chi connectivity index (χ1n) is 9.00. The third kappa shape index (κ3) is 4.32. The molecule has 1 fully saturated rings. The Morgan fingerprint density at radius 1 is 1.07 bits per heavy atom. The molecule has 1 aliphatic carbocycles. The van der Waals surface area contributed by atoms with E-state index in [2.05, 4.69) is 0 Å². The highest BCUT2D eigenvalue weighted by Crippen LogP contribution is 2.32. The van der Waals surface area contributed by atoms with Crippen LogP contribution in [0.25, 0.3) is 0 Å². The summed E-state index contributed by atoms with van der Waals surface area (Å²) in [5, 5.41) is 0. The summed E-state index contributed by atoms with van der Waals surface area (Å²) in [6.07, 6.45) is 1.59. The van der Waals surface area contributed by atoms with E-state index in [0.717, 1.165) is 17.7 Å². The summed E-state index contributed by atoms with van der Waals surface area (Å²) >= 11 is 0. The molecule has 0 heterocycles. The average Bonchev–Trinajstić information content (AvgIpc) is 3.47. The number of amides is 1. The molecule has 0 radical (unpaired) electrons. The Balaban J connectivity index is 1.97. The molecule has 6 heteroatoms. The molecular formula is C21H21F2NO3. The summed E-state index contributed by atoms with van der Waals surface area (Å²) in [5.41, 5.74) is 0.203. The molecule has 1 saturated carbocycles. The van der Waals surface area contributed by atoms with E-state index in [1.54, 1.807) is 6.92 Å². The van der Waals surface area contributed by atoms with Gasteiger partial charge in [-0.3, -0.25) is 4.79 Å². The first-order chi connectivity index (χ1) is 13.0. The molecule has 2 aromatic rings. The lowest BCUT2D eigenvalue weighted by Crippen LogP contribution is -2.49. The van der Waals surface area contributed by atoms with Gasteiger partial charge in [0.05, 0.1) is 6.61 Å².